The minimum atomic E-state index is -0.326. The maximum absolute atomic E-state index is 11.9. The van der Waals surface area contributed by atoms with Gasteiger partial charge in [-0.2, -0.15) is 0 Å². The quantitative estimate of drug-likeness (QED) is 0.831. The van der Waals surface area contributed by atoms with Gasteiger partial charge in [-0.25, -0.2) is 0 Å². The summed E-state index contributed by atoms with van der Waals surface area (Å²) in [7, 11) is 0. The fourth-order valence-electron chi connectivity index (χ4n) is 1.35. The molecule has 2 rings (SSSR count). The number of pyridine rings is 1. The van der Waals surface area contributed by atoms with Crippen LogP contribution >= 0.6 is 23.2 Å². The first-order valence-electron chi connectivity index (χ1n) is 5.04. The molecule has 0 aliphatic heterocycles. The third kappa shape index (κ3) is 2.72. The fourth-order valence-corrected chi connectivity index (χ4v) is 1.62. The van der Waals surface area contributed by atoms with Crippen LogP contribution in [0.15, 0.2) is 36.7 Å². The largest absolute Gasteiger partial charge is 0.398 e. The van der Waals surface area contributed by atoms with Crippen LogP contribution in [0.4, 0.5) is 11.4 Å². The molecule has 1 heterocycles. The Hall–Kier alpha value is -1.78. The molecule has 3 N–H and O–H groups in total. The number of nitrogens with one attached hydrogen (secondary N) is 1. The van der Waals surface area contributed by atoms with Gasteiger partial charge < -0.3 is 11.1 Å². The minimum absolute atomic E-state index is 0.326. The molecule has 6 heteroatoms. The summed E-state index contributed by atoms with van der Waals surface area (Å²) in [6.45, 7) is 0. The van der Waals surface area contributed by atoms with E-state index in [1.54, 1.807) is 18.2 Å². The minimum Gasteiger partial charge on any atom is -0.398 e. The highest BCUT2D eigenvalue weighted by Gasteiger charge is 2.09. The van der Waals surface area contributed by atoms with Crippen LogP contribution in [0.25, 0.3) is 0 Å². The average molecular weight is 282 g/mol. The van der Waals surface area contributed by atoms with Gasteiger partial charge in [0.1, 0.15) is 0 Å². The number of aromatic nitrogens is 1. The highest BCUT2D eigenvalue weighted by atomic mass is 35.5. The number of halogens is 2. The van der Waals surface area contributed by atoms with Crippen molar-refractivity contribution in [2.45, 2.75) is 0 Å². The monoisotopic (exact) mass is 281 g/mol. The van der Waals surface area contributed by atoms with Gasteiger partial charge in [0.25, 0.3) is 5.91 Å². The van der Waals surface area contributed by atoms with Crippen LogP contribution in [0.1, 0.15) is 10.4 Å². The average Bonchev–Trinajstić information content (AvgIpc) is 2.35. The normalized spacial score (nSPS) is 10.1. The van der Waals surface area contributed by atoms with Crippen molar-refractivity contribution in [3.63, 3.8) is 0 Å². The molecule has 18 heavy (non-hydrogen) atoms. The van der Waals surface area contributed by atoms with Gasteiger partial charge in [-0.3, -0.25) is 9.78 Å². The summed E-state index contributed by atoms with van der Waals surface area (Å²) in [5.74, 6) is -0.326. The molecule has 92 valence electrons. The second-order valence-corrected chi connectivity index (χ2v) is 4.36. The number of rotatable bonds is 2. The second kappa shape index (κ2) is 5.25. The molecular weight excluding hydrogens is 273 g/mol. The van der Waals surface area contributed by atoms with Crippen molar-refractivity contribution in [2.24, 2.45) is 0 Å². The van der Waals surface area contributed by atoms with E-state index in [-0.39, 0.29) is 5.91 Å². The number of carbonyl (C=O) groups is 1. The van der Waals surface area contributed by atoms with Crippen LogP contribution in [0.5, 0.6) is 0 Å². The van der Waals surface area contributed by atoms with Crippen LogP contribution in [-0.4, -0.2) is 10.9 Å². The van der Waals surface area contributed by atoms with E-state index in [2.05, 4.69) is 10.3 Å². The van der Waals surface area contributed by atoms with Crippen molar-refractivity contribution >= 4 is 40.5 Å². The maximum atomic E-state index is 11.9. The fraction of sp³-hybridized carbons (Fsp3) is 0. The van der Waals surface area contributed by atoms with Gasteiger partial charge in [-0.1, -0.05) is 23.2 Å². The highest BCUT2D eigenvalue weighted by Crippen LogP contribution is 2.22. The first kappa shape index (κ1) is 12.7. The Kier molecular flexibility index (Phi) is 3.69. The number of nitrogens with zero attached hydrogens (tertiary/aromatic N) is 1. The van der Waals surface area contributed by atoms with Crippen molar-refractivity contribution in [3.05, 3.63) is 52.3 Å². The van der Waals surface area contributed by atoms with Crippen LogP contribution in [0, 0.1) is 0 Å². The SMILES string of the molecule is Nc1cc(C(=O)Nc2cnccc2Cl)ccc1Cl. The molecule has 0 unspecified atom stereocenters. The first-order chi connectivity index (χ1) is 8.58. The van der Waals surface area contributed by atoms with E-state index >= 15 is 0 Å². The number of benzene rings is 1. The van der Waals surface area contributed by atoms with Crippen LogP contribution in [-0.2, 0) is 0 Å². The number of hydrogen-bond acceptors (Lipinski definition) is 3. The van der Waals surface area contributed by atoms with E-state index in [0.717, 1.165) is 0 Å². The van der Waals surface area contributed by atoms with Gasteiger partial charge in [0, 0.05) is 11.8 Å². The van der Waals surface area contributed by atoms with Gasteiger partial charge in [0.15, 0.2) is 0 Å². The lowest BCUT2D eigenvalue weighted by molar-refractivity contribution is 0.102. The smallest absolute Gasteiger partial charge is 0.255 e. The molecule has 0 saturated carbocycles. The molecule has 1 aromatic carbocycles. The summed E-state index contributed by atoms with van der Waals surface area (Å²) in [5, 5.41) is 3.47. The molecule has 0 atom stereocenters. The predicted molar refractivity (Wildman–Crippen MR) is 73.1 cm³/mol. The lowest BCUT2D eigenvalue weighted by Crippen LogP contribution is -2.12. The van der Waals surface area contributed by atoms with Crippen LogP contribution in [0.2, 0.25) is 10.0 Å². The van der Waals surface area contributed by atoms with Gasteiger partial charge in [0.2, 0.25) is 0 Å². The third-order valence-corrected chi connectivity index (χ3v) is 2.95. The van der Waals surface area contributed by atoms with Crippen molar-refractivity contribution < 1.29 is 4.79 Å². The summed E-state index contributed by atoms with van der Waals surface area (Å²) in [4.78, 5) is 15.8. The summed E-state index contributed by atoms with van der Waals surface area (Å²) in [5.41, 5.74) is 6.82. The molecule has 0 bridgehead atoms. The number of amides is 1. The molecule has 4 nitrogen and oxygen atoms in total. The lowest BCUT2D eigenvalue weighted by atomic mass is 10.2. The molecule has 1 aromatic heterocycles. The van der Waals surface area contributed by atoms with E-state index in [9.17, 15) is 4.79 Å². The van der Waals surface area contributed by atoms with Crippen molar-refractivity contribution in [3.8, 4) is 0 Å². The summed E-state index contributed by atoms with van der Waals surface area (Å²) < 4.78 is 0. The van der Waals surface area contributed by atoms with Crippen LogP contribution in [0.3, 0.4) is 0 Å². The van der Waals surface area contributed by atoms with E-state index < -0.39 is 0 Å². The Labute approximate surface area is 114 Å². The predicted octanol–water partition coefficient (Wildman–Crippen LogP) is 3.22. The number of nitrogens with two attached hydrogens (primary N) is 1. The Bertz CT molecular complexity index is 602. The second-order valence-electron chi connectivity index (χ2n) is 3.55. The molecular formula is C12H9Cl2N3O. The first-order valence-corrected chi connectivity index (χ1v) is 5.79. The van der Waals surface area contributed by atoms with E-state index in [4.69, 9.17) is 28.9 Å². The maximum Gasteiger partial charge on any atom is 0.255 e. The number of hydrogen-bond donors (Lipinski definition) is 2. The Morgan fingerprint density at radius 2 is 2.00 bits per heavy atom. The van der Waals surface area contributed by atoms with Gasteiger partial charge in [-0.15, -0.1) is 0 Å². The Morgan fingerprint density at radius 1 is 1.22 bits per heavy atom. The van der Waals surface area contributed by atoms with Gasteiger partial charge in [-0.05, 0) is 24.3 Å². The molecule has 0 aliphatic carbocycles. The highest BCUT2D eigenvalue weighted by molar-refractivity contribution is 6.34. The molecule has 2 aromatic rings. The molecule has 0 radical (unpaired) electrons. The molecule has 0 aliphatic rings. The van der Waals surface area contributed by atoms with E-state index in [1.165, 1.54) is 18.5 Å². The van der Waals surface area contributed by atoms with Crippen molar-refractivity contribution in [1.82, 2.24) is 4.98 Å². The number of anilines is 2. The van der Waals surface area contributed by atoms with E-state index in [0.29, 0.717) is 27.0 Å². The standard InChI is InChI=1S/C12H9Cl2N3O/c13-8-2-1-7(5-10(8)15)12(18)17-11-6-16-4-3-9(11)14/h1-6H,15H2,(H,17,18). The number of nitrogen functional groups attached to an aromatic ring is 1. The molecule has 0 saturated heterocycles. The van der Waals surface area contributed by atoms with E-state index in [1.807, 2.05) is 0 Å². The summed E-state index contributed by atoms with van der Waals surface area (Å²) >= 11 is 11.7. The van der Waals surface area contributed by atoms with Gasteiger partial charge >= 0.3 is 0 Å². The zero-order valence-electron chi connectivity index (χ0n) is 9.15. The summed E-state index contributed by atoms with van der Waals surface area (Å²) in [6.07, 6.45) is 3.01. The van der Waals surface area contributed by atoms with Crippen LogP contribution < -0.4 is 11.1 Å². The van der Waals surface area contributed by atoms with Crippen molar-refractivity contribution in [2.75, 3.05) is 11.1 Å². The lowest BCUT2D eigenvalue weighted by Gasteiger charge is -2.07. The Morgan fingerprint density at radius 3 is 2.67 bits per heavy atom. The zero-order chi connectivity index (χ0) is 13.1. The Balaban J connectivity index is 2.22. The molecule has 0 fully saturated rings. The number of carbonyl (C=O) groups excluding carboxylic acids is 1. The molecule has 0 spiro atoms. The third-order valence-electron chi connectivity index (χ3n) is 2.27. The summed E-state index contributed by atoms with van der Waals surface area (Å²) in [6, 6.07) is 6.24. The molecule has 1 amide bonds. The topological polar surface area (TPSA) is 68.0 Å². The van der Waals surface area contributed by atoms with Crippen molar-refractivity contribution in [1.29, 1.82) is 0 Å². The zero-order valence-corrected chi connectivity index (χ0v) is 10.7. The van der Waals surface area contributed by atoms with Gasteiger partial charge in [0.05, 0.1) is 27.6 Å².